The van der Waals surface area contributed by atoms with Gasteiger partial charge in [-0.3, -0.25) is 9.59 Å². The average molecular weight is 504 g/mol. The lowest BCUT2D eigenvalue weighted by molar-refractivity contribution is 0.0517. The van der Waals surface area contributed by atoms with E-state index in [1.807, 2.05) is 17.0 Å². The van der Waals surface area contributed by atoms with Crippen molar-refractivity contribution < 1.29 is 23.8 Å². The molecule has 1 saturated heterocycles. The van der Waals surface area contributed by atoms with Crippen molar-refractivity contribution in [3.05, 3.63) is 53.1 Å². The predicted octanol–water partition coefficient (Wildman–Crippen LogP) is 3.16. The monoisotopic (exact) mass is 503 g/mol. The molecule has 2 aromatic carbocycles. The van der Waals surface area contributed by atoms with Crippen LogP contribution in [-0.2, 0) is 6.42 Å². The molecule has 0 radical (unpaired) electrons. The third kappa shape index (κ3) is 6.18. The molecule has 0 saturated carbocycles. The second-order valence-corrected chi connectivity index (χ2v) is 8.80. The van der Waals surface area contributed by atoms with E-state index in [4.69, 9.17) is 19.9 Å². The maximum absolute atomic E-state index is 13.3. The first-order chi connectivity index (χ1) is 16.5. The number of hydrogen-bond acceptors (Lipinski definition) is 6. The van der Waals surface area contributed by atoms with Crippen LogP contribution in [0.2, 0.25) is 0 Å². The zero-order valence-corrected chi connectivity index (χ0v) is 21.1. The zero-order chi connectivity index (χ0) is 24.1. The summed E-state index contributed by atoms with van der Waals surface area (Å²) in [4.78, 5) is 29.0. The van der Waals surface area contributed by atoms with Crippen molar-refractivity contribution in [1.29, 1.82) is 0 Å². The summed E-state index contributed by atoms with van der Waals surface area (Å²) in [7, 11) is 3.21. The average Bonchev–Trinajstić information content (AvgIpc) is 2.86. The summed E-state index contributed by atoms with van der Waals surface area (Å²) in [5.74, 6) is 1.62. The summed E-state index contributed by atoms with van der Waals surface area (Å²) in [5, 5.41) is 0. The Kier molecular flexibility index (Phi) is 9.23. The Hall–Kier alpha value is -2.97. The van der Waals surface area contributed by atoms with Crippen molar-refractivity contribution in [2.24, 2.45) is 5.73 Å². The SMILES string of the molecule is COc1cc2c(cc1OC)C(=O)N(C1CCCN(CCCOc3ccc(C(N)=O)cc3)C1)CC2.Cl. The van der Waals surface area contributed by atoms with Crippen molar-refractivity contribution in [2.75, 3.05) is 47.0 Å². The topological polar surface area (TPSA) is 94.3 Å². The number of halogens is 1. The number of fused-ring (bicyclic) bond motifs is 1. The molecule has 2 aliphatic rings. The Labute approximate surface area is 212 Å². The van der Waals surface area contributed by atoms with Gasteiger partial charge < -0.3 is 29.7 Å². The summed E-state index contributed by atoms with van der Waals surface area (Å²) < 4.78 is 16.6. The van der Waals surface area contributed by atoms with E-state index in [2.05, 4.69) is 4.90 Å². The molecule has 0 bridgehead atoms. The number of hydrogen-bond donors (Lipinski definition) is 1. The van der Waals surface area contributed by atoms with Gasteiger partial charge in [-0.1, -0.05) is 0 Å². The lowest BCUT2D eigenvalue weighted by Gasteiger charge is -2.41. The Morgan fingerprint density at radius 1 is 1.09 bits per heavy atom. The van der Waals surface area contributed by atoms with Gasteiger partial charge in [0, 0.05) is 36.8 Å². The molecule has 190 valence electrons. The highest BCUT2D eigenvalue weighted by atomic mass is 35.5. The van der Waals surface area contributed by atoms with Crippen LogP contribution >= 0.6 is 12.4 Å². The van der Waals surface area contributed by atoms with Gasteiger partial charge in [0.25, 0.3) is 5.91 Å². The molecular formula is C26H34ClN3O5. The summed E-state index contributed by atoms with van der Waals surface area (Å²) in [5.41, 5.74) is 7.48. The first-order valence-electron chi connectivity index (χ1n) is 11.8. The minimum absolute atomic E-state index is 0. The van der Waals surface area contributed by atoms with Gasteiger partial charge in [0.1, 0.15) is 5.75 Å². The van der Waals surface area contributed by atoms with Gasteiger partial charge in [0.15, 0.2) is 11.5 Å². The van der Waals surface area contributed by atoms with E-state index in [1.54, 1.807) is 38.5 Å². The molecule has 2 aliphatic heterocycles. The van der Waals surface area contributed by atoms with E-state index < -0.39 is 5.91 Å². The van der Waals surface area contributed by atoms with E-state index >= 15 is 0 Å². The fourth-order valence-corrected chi connectivity index (χ4v) is 4.85. The smallest absolute Gasteiger partial charge is 0.254 e. The van der Waals surface area contributed by atoms with Crippen LogP contribution in [0.5, 0.6) is 17.2 Å². The summed E-state index contributed by atoms with van der Waals surface area (Å²) in [6, 6.07) is 10.8. The molecule has 0 aromatic heterocycles. The van der Waals surface area contributed by atoms with Gasteiger partial charge in [-0.05, 0) is 74.2 Å². The minimum Gasteiger partial charge on any atom is -0.494 e. The first kappa shape index (κ1) is 26.6. The van der Waals surface area contributed by atoms with E-state index in [9.17, 15) is 9.59 Å². The van der Waals surface area contributed by atoms with Crippen LogP contribution in [0.1, 0.15) is 45.5 Å². The Bertz CT molecular complexity index is 1030. The second-order valence-electron chi connectivity index (χ2n) is 8.80. The number of methoxy groups -OCH3 is 2. The minimum atomic E-state index is -0.444. The fourth-order valence-electron chi connectivity index (χ4n) is 4.85. The number of carbonyl (C=O) groups is 2. The van der Waals surface area contributed by atoms with Gasteiger partial charge >= 0.3 is 0 Å². The van der Waals surface area contributed by atoms with Gasteiger partial charge in [-0.15, -0.1) is 12.4 Å². The van der Waals surface area contributed by atoms with Gasteiger partial charge in [-0.2, -0.15) is 0 Å². The summed E-state index contributed by atoms with van der Waals surface area (Å²) >= 11 is 0. The number of primary amides is 1. The van der Waals surface area contributed by atoms with Crippen LogP contribution in [0.25, 0.3) is 0 Å². The normalized spacial score (nSPS) is 17.8. The highest BCUT2D eigenvalue weighted by Gasteiger charge is 2.33. The molecule has 2 aromatic rings. The Morgan fingerprint density at radius 2 is 1.80 bits per heavy atom. The van der Waals surface area contributed by atoms with Crippen molar-refractivity contribution in [3.8, 4) is 17.2 Å². The molecule has 35 heavy (non-hydrogen) atoms. The number of rotatable bonds is 9. The van der Waals surface area contributed by atoms with E-state index in [1.165, 1.54) is 0 Å². The molecule has 4 rings (SSSR count). The molecule has 2 N–H and O–H groups in total. The lowest BCUT2D eigenvalue weighted by Crippen LogP contribution is -2.52. The van der Waals surface area contributed by atoms with Crippen molar-refractivity contribution >= 4 is 24.2 Å². The van der Waals surface area contributed by atoms with Crippen LogP contribution in [-0.4, -0.2) is 74.7 Å². The number of carbonyl (C=O) groups excluding carboxylic acids is 2. The third-order valence-corrected chi connectivity index (χ3v) is 6.67. The van der Waals surface area contributed by atoms with Crippen molar-refractivity contribution in [3.63, 3.8) is 0 Å². The molecule has 2 heterocycles. The number of amides is 2. The number of nitrogens with zero attached hydrogens (tertiary/aromatic N) is 2. The molecule has 2 amide bonds. The van der Waals surface area contributed by atoms with Crippen LogP contribution in [0.4, 0.5) is 0 Å². The molecular weight excluding hydrogens is 470 g/mol. The number of nitrogens with two attached hydrogens (primary N) is 1. The van der Waals surface area contributed by atoms with Gasteiger partial charge in [-0.25, -0.2) is 0 Å². The molecule has 9 heteroatoms. The standard InChI is InChI=1S/C26H33N3O5.ClH/c1-32-23-15-19-10-13-29(26(31)22(19)16-24(23)33-2)20-5-3-11-28(17-20)12-4-14-34-21-8-6-18(7-9-21)25(27)30;/h6-9,15-16,20H,3-5,10-14,17H2,1-2H3,(H2,27,30);1H. The number of likely N-dealkylation sites (tertiary alicyclic amines) is 1. The van der Waals surface area contributed by atoms with E-state index in [-0.39, 0.29) is 24.4 Å². The quantitative estimate of drug-likeness (QED) is 0.528. The second kappa shape index (κ2) is 12.1. The molecule has 8 nitrogen and oxygen atoms in total. The van der Waals surface area contributed by atoms with Crippen LogP contribution < -0.4 is 19.9 Å². The first-order valence-corrected chi connectivity index (χ1v) is 11.8. The third-order valence-electron chi connectivity index (χ3n) is 6.67. The molecule has 1 unspecified atom stereocenters. The van der Waals surface area contributed by atoms with Crippen LogP contribution in [0.15, 0.2) is 36.4 Å². The lowest BCUT2D eigenvalue weighted by atomic mass is 9.94. The molecule has 1 atom stereocenters. The summed E-state index contributed by atoms with van der Waals surface area (Å²) in [6.07, 6.45) is 3.80. The largest absolute Gasteiger partial charge is 0.494 e. The Balaban J connectivity index is 0.00000342. The number of piperidine rings is 1. The number of benzene rings is 2. The van der Waals surface area contributed by atoms with Gasteiger partial charge in [0.2, 0.25) is 5.91 Å². The number of ether oxygens (including phenoxy) is 3. The molecule has 0 spiro atoms. The van der Waals surface area contributed by atoms with Crippen molar-refractivity contribution in [2.45, 2.75) is 31.7 Å². The predicted molar refractivity (Wildman–Crippen MR) is 136 cm³/mol. The fraction of sp³-hybridized carbons (Fsp3) is 0.462. The molecule has 0 aliphatic carbocycles. The van der Waals surface area contributed by atoms with Crippen LogP contribution in [0.3, 0.4) is 0 Å². The van der Waals surface area contributed by atoms with E-state index in [0.29, 0.717) is 23.7 Å². The van der Waals surface area contributed by atoms with Gasteiger partial charge in [0.05, 0.1) is 20.8 Å². The van der Waals surface area contributed by atoms with Crippen molar-refractivity contribution in [1.82, 2.24) is 9.80 Å². The maximum Gasteiger partial charge on any atom is 0.254 e. The zero-order valence-electron chi connectivity index (χ0n) is 20.3. The maximum atomic E-state index is 13.3. The van der Waals surface area contributed by atoms with Crippen LogP contribution in [0, 0.1) is 0 Å². The van der Waals surface area contributed by atoms with E-state index in [0.717, 1.165) is 68.7 Å². The highest BCUT2D eigenvalue weighted by molar-refractivity contribution is 5.97. The Morgan fingerprint density at radius 3 is 2.49 bits per heavy atom. The highest BCUT2D eigenvalue weighted by Crippen LogP contribution is 2.34. The molecule has 1 fully saturated rings. The summed E-state index contributed by atoms with van der Waals surface area (Å²) in [6.45, 7) is 4.15.